The minimum absolute atomic E-state index is 0.121. The average Bonchev–Trinajstić information content (AvgIpc) is 2.83. The van der Waals surface area contributed by atoms with E-state index in [-0.39, 0.29) is 30.0 Å². The zero-order valence-corrected chi connectivity index (χ0v) is 25.1. The van der Waals surface area contributed by atoms with Crippen molar-refractivity contribution in [2.75, 3.05) is 0 Å². The number of aliphatic hydroxyl groups is 1. The highest BCUT2D eigenvalue weighted by Crippen LogP contribution is 2.27. The first-order valence-corrected chi connectivity index (χ1v) is 14.7. The summed E-state index contributed by atoms with van der Waals surface area (Å²) in [7, 11) is 0. The fourth-order valence-corrected chi connectivity index (χ4v) is 5.17. The smallest absolute Gasteiger partial charge is 0.339 e. The van der Waals surface area contributed by atoms with Crippen molar-refractivity contribution in [1.82, 2.24) is 0 Å². The molecule has 37 heavy (non-hydrogen) atoms. The number of hydrogen-bond acceptors (Lipinski definition) is 7. The Kier molecular flexibility index (Phi) is 17.8. The summed E-state index contributed by atoms with van der Waals surface area (Å²) in [4.78, 5) is 39.0. The number of ether oxygens (including phenoxy) is 3. The summed E-state index contributed by atoms with van der Waals surface area (Å²) >= 11 is 0. The van der Waals surface area contributed by atoms with E-state index in [9.17, 15) is 19.5 Å². The van der Waals surface area contributed by atoms with Crippen molar-refractivity contribution < 1.29 is 33.7 Å². The molecule has 0 saturated heterocycles. The third-order valence-electron chi connectivity index (χ3n) is 7.72. The number of carbonyl (C=O) groups is 3. The molecule has 0 fully saturated rings. The van der Waals surface area contributed by atoms with Gasteiger partial charge in [-0.05, 0) is 77.0 Å². The molecule has 0 aliphatic rings. The Morgan fingerprint density at radius 3 is 1.16 bits per heavy atom. The van der Waals surface area contributed by atoms with Crippen LogP contribution in [0.2, 0.25) is 0 Å². The van der Waals surface area contributed by atoms with Crippen LogP contribution < -0.4 is 0 Å². The van der Waals surface area contributed by atoms with Crippen molar-refractivity contribution in [3.05, 3.63) is 0 Å². The molecule has 218 valence electrons. The van der Waals surface area contributed by atoms with Crippen LogP contribution in [0.3, 0.4) is 0 Å². The van der Waals surface area contributed by atoms with Gasteiger partial charge in [-0.3, -0.25) is 9.59 Å². The minimum atomic E-state index is -2.36. The van der Waals surface area contributed by atoms with Gasteiger partial charge in [0.1, 0.15) is 18.3 Å². The maximum Gasteiger partial charge on any atom is 0.339 e. The number of carbonyl (C=O) groups excluding carboxylic acids is 3. The first-order valence-electron chi connectivity index (χ1n) is 14.7. The second kappa shape index (κ2) is 18.6. The maximum atomic E-state index is 13.2. The van der Waals surface area contributed by atoms with Gasteiger partial charge in [-0.25, -0.2) is 4.79 Å². The van der Waals surface area contributed by atoms with Gasteiger partial charge in [-0.1, -0.05) is 60.8 Å². The quantitative estimate of drug-likeness (QED) is 0.137. The summed E-state index contributed by atoms with van der Waals surface area (Å²) in [6.45, 7) is 17.8. The normalized spacial score (nSPS) is 18.0. The van der Waals surface area contributed by atoms with Crippen molar-refractivity contribution >= 4 is 17.9 Å². The van der Waals surface area contributed by atoms with Crippen LogP contribution in [0, 0.1) is 17.8 Å². The van der Waals surface area contributed by atoms with E-state index in [1.54, 1.807) is 6.92 Å². The molecule has 0 heterocycles. The third-order valence-corrected chi connectivity index (χ3v) is 7.72. The Morgan fingerprint density at radius 2 is 0.892 bits per heavy atom. The van der Waals surface area contributed by atoms with Crippen LogP contribution in [0.25, 0.3) is 0 Å². The summed E-state index contributed by atoms with van der Waals surface area (Å²) in [5, 5.41) is 11.4. The summed E-state index contributed by atoms with van der Waals surface area (Å²) in [6.07, 6.45) is 5.55. The fraction of sp³-hybridized carbons (Fsp3) is 0.900. The van der Waals surface area contributed by atoms with Crippen molar-refractivity contribution in [3.8, 4) is 0 Å². The molecule has 6 unspecified atom stereocenters. The number of hydrogen-bond donors (Lipinski definition) is 1. The molecule has 0 aliphatic carbocycles. The predicted octanol–water partition coefficient (Wildman–Crippen LogP) is 6.77. The molecule has 0 spiro atoms. The summed E-state index contributed by atoms with van der Waals surface area (Å²) in [5.41, 5.74) is -2.36. The Labute approximate surface area is 226 Å². The van der Waals surface area contributed by atoms with E-state index in [4.69, 9.17) is 14.2 Å². The molecule has 1 N–H and O–H groups in total. The molecule has 0 aromatic carbocycles. The highest BCUT2D eigenvalue weighted by Gasteiger charge is 2.45. The molecule has 7 heteroatoms. The van der Waals surface area contributed by atoms with Gasteiger partial charge in [0, 0.05) is 0 Å². The lowest BCUT2D eigenvalue weighted by atomic mass is 9.92. The highest BCUT2D eigenvalue weighted by atomic mass is 16.6. The molecule has 0 aliphatic heterocycles. The molecule has 0 aromatic rings. The number of esters is 3. The zero-order chi connectivity index (χ0) is 28.6. The van der Waals surface area contributed by atoms with Crippen LogP contribution in [-0.2, 0) is 28.6 Å². The maximum absolute atomic E-state index is 13.2. The molecule has 7 nitrogen and oxygen atoms in total. The van der Waals surface area contributed by atoms with E-state index >= 15 is 0 Å². The van der Waals surface area contributed by atoms with Gasteiger partial charge in [0.05, 0.1) is 12.8 Å². The van der Waals surface area contributed by atoms with Gasteiger partial charge in [0.25, 0.3) is 0 Å². The Balaban J connectivity index is 5.70. The van der Waals surface area contributed by atoms with Gasteiger partial charge in [0.15, 0.2) is 5.60 Å². The van der Waals surface area contributed by atoms with Crippen LogP contribution >= 0.6 is 0 Å². The first kappa shape index (κ1) is 35.4. The summed E-state index contributed by atoms with van der Waals surface area (Å²) in [6, 6.07) is 0. The highest BCUT2D eigenvalue weighted by molar-refractivity contribution is 5.90. The summed E-state index contributed by atoms with van der Waals surface area (Å²) < 4.78 is 16.9. The molecular formula is C30H56O7. The van der Waals surface area contributed by atoms with E-state index in [1.807, 2.05) is 34.6 Å². The minimum Gasteiger partial charge on any atom is -0.462 e. The molecule has 6 atom stereocenters. The largest absolute Gasteiger partial charge is 0.462 e. The first-order chi connectivity index (χ1) is 17.4. The molecule has 0 saturated carbocycles. The van der Waals surface area contributed by atoms with Crippen LogP contribution in [0.4, 0.5) is 0 Å². The van der Waals surface area contributed by atoms with Crippen molar-refractivity contribution in [2.24, 2.45) is 17.8 Å². The Bertz CT molecular complexity index is 626. The van der Waals surface area contributed by atoms with Crippen molar-refractivity contribution in [2.45, 2.75) is 157 Å². The Morgan fingerprint density at radius 1 is 0.595 bits per heavy atom. The van der Waals surface area contributed by atoms with Gasteiger partial charge in [-0.15, -0.1) is 0 Å². The molecule has 0 amide bonds. The molecule has 0 aromatic heterocycles. The van der Waals surface area contributed by atoms with Crippen molar-refractivity contribution in [1.29, 1.82) is 0 Å². The van der Waals surface area contributed by atoms with E-state index < -0.39 is 42.5 Å². The van der Waals surface area contributed by atoms with Gasteiger partial charge in [0.2, 0.25) is 0 Å². The van der Waals surface area contributed by atoms with E-state index in [2.05, 4.69) is 20.8 Å². The monoisotopic (exact) mass is 528 g/mol. The van der Waals surface area contributed by atoms with Gasteiger partial charge < -0.3 is 19.3 Å². The number of rotatable bonds is 20. The second-order valence-corrected chi connectivity index (χ2v) is 10.8. The standard InChI is InChI=1S/C30H56O7/c1-10-16-24(13-4)21(7)35-27(31)19-30(34,29(33)37-23(9)26(15-6)18-12-3)20-28(32)36-22(8)25(14-5)17-11-2/h21-26,34H,10-20H2,1-9H3. The molecule has 0 bridgehead atoms. The lowest BCUT2D eigenvalue weighted by Crippen LogP contribution is -2.47. The van der Waals surface area contributed by atoms with E-state index in [0.29, 0.717) is 0 Å². The molecular weight excluding hydrogens is 472 g/mol. The van der Waals surface area contributed by atoms with E-state index in [0.717, 1.165) is 57.8 Å². The summed E-state index contributed by atoms with van der Waals surface area (Å²) in [5.74, 6) is -1.95. The lowest BCUT2D eigenvalue weighted by Gasteiger charge is -2.31. The predicted molar refractivity (Wildman–Crippen MR) is 147 cm³/mol. The molecule has 0 rings (SSSR count). The van der Waals surface area contributed by atoms with E-state index in [1.165, 1.54) is 0 Å². The van der Waals surface area contributed by atoms with Crippen LogP contribution in [0.15, 0.2) is 0 Å². The van der Waals surface area contributed by atoms with Crippen molar-refractivity contribution in [3.63, 3.8) is 0 Å². The molecule has 0 radical (unpaired) electrons. The Hall–Kier alpha value is -1.63. The zero-order valence-electron chi connectivity index (χ0n) is 25.1. The fourth-order valence-electron chi connectivity index (χ4n) is 5.17. The van der Waals surface area contributed by atoms with Crippen LogP contribution in [0.5, 0.6) is 0 Å². The van der Waals surface area contributed by atoms with Crippen LogP contribution in [-0.4, -0.2) is 46.9 Å². The lowest BCUT2D eigenvalue weighted by molar-refractivity contribution is -0.186. The SMILES string of the molecule is CCCC(CC)C(C)OC(=O)CC(O)(CC(=O)OC(C)C(CC)CCC)C(=O)OC(C)C(CC)CCC. The van der Waals surface area contributed by atoms with Crippen LogP contribution in [0.1, 0.15) is 133 Å². The second-order valence-electron chi connectivity index (χ2n) is 10.8. The topological polar surface area (TPSA) is 99.1 Å². The van der Waals surface area contributed by atoms with Gasteiger partial charge in [-0.2, -0.15) is 0 Å². The third kappa shape index (κ3) is 12.6. The van der Waals surface area contributed by atoms with Gasteiger partial charge >= 0.3 is 17.9 Å². The average molecular weight is 529 g/mol.